The molecule has 5 nitrogen and oxygen atoms in total. The third-order valence-corrected chi connectivity index (χ3v) is 5.19. The fraction of sp³-hybridized carbons (Fsp3) is 0.333. The van der Waals surface area contributed by atoms with Crippen LogP contribution in [0.1, 0.15) is 40.8 Å². The number of amides is 1. The van der Waals surface area contributed by atoms with E-state index >= 15 is 0 Å². The molecule has 1 aliphatic rings. The summed E-state index contributed by atoms with van der Waals surface area (Å²) in [6.07, 6.45) is 0.670. The van der Waals surface area contributed by atoms with Crippen LogP contribution < -0.4 is 11.1 Å². The van der Waals surface area contributed by atoms with Gasteiger partial charge in [0.05, 0.1) is 5.54 Å². The summed E-state index contributed by atoms with van der Waals surface area (Å²) < 4.78 is 19.8. The van der Waals surface area contributed by atoms with E-state index in [-0.39, 0.29) is 29.9 Å². The van der Waals surface area contributed by atoms with Gasteiger partial charge in [0.2, 0.25) is 0 Å². The van der Waals surface area contributed by atoms with Crippen LogP contribution in [0.15, 0.2) is 33.7 Å². The van der Waals surface area contributed by atoms with Crippen LogP contribution >= 0.6 is 24.2 Å². The number of hydrogen-bond donors (Lipinski definition) is 2. The maximum atomic E-state index is 14.4. The van der Waals surface area contributed by atoms with Gasteiger partial charge in [-0.3, -0.25) is 9.79 Å². The van der Waals surface area contributed by atoms with Gasteiger partial charge in [-0.1, -0.05) is 11.8 Å². The summed E-state index contributed by atoms with van der Waals surface area (Å²) in [5.74, 6) is 0.951. The molecule has 26 heavy (non-hydrogen) atoms. The van der Waals surface area contributed by atoms with E-state index in [1.807, 2.05) is 13.8 Å². The molecule has 2 heterocycles. The molecule has 0 fully saturated rings. The zero-order chi connectivity index (χ0) is 18.2. The van der Waals surface area contributed by atoms with Crippen molar-refractivity contribution in [2.45, 2.75) is 32.7 Å². The first-order valence-electron chi connectivity index (χ1n) is 7.95. The Kier molecular flexibility index (Phi) is 6.03. The van der Waals surface area contributed by atoms with Crippen molar-refractivity contribution in [1.29, 1.82) is 0 Å². The molecular weight excluding hydrogens is 377 g/mol. The minimum atomic E-state index is -0.738. The number of amidine groups is 1. The number of aryl methyl sites for hydroxylation is 2. The molecule has 1 aromatic heterocycles. The Bertz CT molecular complexity index is 849. The second kappa shape index (κ2) is 7.72. The van der Waals surface area contributed by atoms with Gasteiger partial charge in [-0.2, -0.15) is 0 Å². The van der Waals surface area contributed by atoms with E-state index in [2.05, 4.69) is 10.3 Å². The number of anilines is 1. The van der Waals surface area contributed by atoms with E-state index in [0.29, 0.717) is 28.6 Å². The highest BCUT2D eigenvalue weighted by Gasteiger charge is 2.32. The van der Waals surface area contributed by atoms with Gasteiger partial charge in [0.1, 0.15) is 11.6 Å². The Labute approximate surface area is 162 Å². The third kappa shape index (κ3) is 4.04. The van der Waals surface area contributed by atoms with Gasteiger partial charge in [0.25, 0.3) is 5.91 Å². The highest BCUT2D eigenvalue weighted by molar-refractivity contribution is 8.13. The fourth-order valence-corrected chi connectivity index (χ4v) is 3.75. The van der Waals surface area contributed by atoms with E-state index in [0.717, 1.165) is 11.3 Å². The molecular formula is C18H21ClFN3O2S. The van der Waals surface area contributed by atoms with Gasteiger partial charge in [-0.25, -0.2) is 4.39 Å². The predicted octanol–water partition coefficient (Wildman–Crippen LogP) is 4.38. The first-order valence-corrected chi connectivity index (χ1v) is 8.93. The van der Waals surface area contributed by atoms with Gasteiger partial charge in [-0.15, -0.1) is 12.4 Å². The molecule has 1 aromatic carbocycles. The van der Waals surface area contributed by atoms with Crippen LogP contribution in [0.25, 0.3) is 0 Å². The molecule has 2 aromatic rings. The van der Waals surface area contributed by atoms with Gasteiger partial charge in [0.15, 0.2) is 10.9 Å². The number of nitrogens with two attached hydrogens (primary N) is 1. The highest BCUT2D eigenvalue weighted by Crippen LogP contribution is 2.37. The zero-order valence-corrected chi connectivity index (χ0v) is 16.4. The summed E-state index contributed by atoms with van der Waals surface area (Å²) >= 11 is 1.46. The number of benzene rings is 1. The smallest absolute Gasteiger partial charge is 0.291 e. The number of furan rings is 1. The number of carbonyl (C=O) groups excluding carboxylic acids is 1. The van der Waals surface area contributed by atoms with Crippen molar-refractivity contribution in [2.75, 3.05) is 11.1 Å². The Morgan fingerprint density at radius 1 is 1.38 bits per heavy atom. The lowest BCUT2D eigenvalue weighted by molar-refractivity contribution is 0.0995. The van der Waals surface area contributed by atoms with Crippen molar-refractivity contribution in [3.63, 3.8) is 0 Å². The normalized spacial score (nSPS) is 19.5. The number of hydrogen-bond acceptors (Lipinski definition) is 5. The van der Waals surface area contributed by atoms with Crippen LogP contribution in [0.5, 0.6) is 0 Å². The topological polar surface area (TPSA) is 80.6 Å². The van der Waals surface area contributed by atoms with Crippen molar-refractivity contribution >= 4 is 40.9 Å². The Hall–Kier alpha value is -1.99. The minimum Gasteiger partial charge on any atom is -0.456 e. The van der Waals surface area contributed by atoms with Crippen LogP contribution in [0, 0.1) is 19.7 Å². The molecule has 3 N–H and O–H groups in total. The van der Waals surface area contributed by atoms with E-state index in [9.17, 15) is 9.18 Å². The quantitative estimate of drug-likeness (QED) is 0.805. The molecule has 8 heteroatoms. The number of aliphatic imine (C=N–C) groups is 1. The molecule has 0 radical (unpaired) electrons. The van der Waals surface area contributed by atoms with Gasteiger partial charge in [0, 0.05) is 17.0 Å². The van der Waals surface area contributed by atoms with Gasteiger partial charge < -0.3 is 15.5 Å². The van der Waals surface area contributed by atoms with Crippen LogP contribution in [0.4, 0.5) is 10.1 Å². The molecule has 3 rings (SSSR count). The second-order valence-corrected chi connectivity index (χ2v) is 7.44. The lowest BCUT2D eigenvalue weighted by atomic mass is 9.89. The second-order valence-electron chi connectivity index (χ2n) is 6.32. The molecule has 1 amide bonds. The van der Waals surface area contributed by atoms with E-state index in [1.54, 1.807) is 19.1 Å². The average Bonchev–Trinajstić information content (AvgIpc) is 2.88. The first-order chi connectivity index (χ1) is 11.8. The lowest BCUT2D eigenvalue weighted by Crippen LogP contribution is -2.29. The number of rotatable bonds is 3. The van der Waals surface area contributed by atoms with E-state index in [1.165, 1.54) is 23.9 Å². The van der Waals surface area contributed by atoms with Crippen LogP contribution in [0.2, 0.25) is 0 Å². The summed E-state index contributed by atoms with van der Waals surface area (Å²) in [5.41, 5.74) is 6.89. The number of nitrogens with zero attached hydrogens (tertiary/aromatic N) is 1. The predicted molar refractivity (Wildman–Crippen MR) is 106 cm³/mol. The maximum Gasteiger partial charge on any atom is 0.291 e. The van der Waals surface area contributed by atoms with Crippen molar-refractivity contribution in [3.8, 4) is 0 Å². The van der Waals surface area contributed by atoms with Gasteiger partial charge >= 0.3 is 0 Å². The van der Waals surface area contributed by atoms with Crippen LogP contribution in [0.3, 0.4) is 0 Å². The monoisotopic (exact) mass is 397 g/mol. The summed E-state index contributed by atoms with van der Waals surface area (Å²) in [5, 5.41) is 3.20. The maximum absolute atomic E-state index is 14.4. The lowest BCUT2D eigenvalue weighted by Gasteiger charge is -2.30. The standard InChI is InChI=1S/C18H20FN3O2S.ClH/c1-10-8-15(24-11(10)2)16(23)21-12-4-5-14(19)13(9-12)18(3)6-7-25-17(20)22-18;/h4-5,8-9H,6-7H2,1-3H3,(H2,20,22)(H,21,23);1H/t18-;/m0./s1. The van der Waals surface area contributed by atoms with E-state index < -0.39 is 5.54 Å². The molecule has 0 spiro atoms. The molecule has 1 atom stereocenters. The molecule has 0 saturated heterocycles. The summed E-state index contributed by atoms with van der Waals surface area (Å²) in [7, 11) is 0. The largest absolute Gasteiger partial charge is 0.456 e. The van der Waals surface area contributed by atoms with Crippen molar-refractivity contribution in [3.05, 3.63) is 52.7 Å². The number of thioether (sulfide) groups is 1. The number of halogens is 2. The first kappa shape index (κ1) is 20.3. The van der Waals surface area contributed by atoms with Gasteiger partial charge in [-0.05, 0) is 57.0 Å². The Morgan fingerprint density at radius 2 is 2.12 bits per heavy atom. The molecule has 0 unspecified atom stereocenters. The van der Waals surface area contributed by atoms with Crippen molar-refractivity contribution in [1.82, 2.24) is 0 Å². The SMILES string of the molecule is Cc1cc(C(=O)Nc2ccc(F)c([C@]3(C)CCSC(N)=N3)c2)oc1C.Cl. The molecule has 0 bridgehead atoms. The number of carbonyl (C=O) groups is 1. The third-order valence-electron chi connectivity index (χ3n) is 4.39. The summed E-state index contributed by atoms with van der Waals surface area (Å²) in [6.45, 7) is 5.52. The van der Waals surface area contributed by atoms with Crippen LogP contribution in [-0.4, -0.2) is 16.8 Å². The average molecular weight is 398 g/mol. The van der Waals surface area contributed by atoms with Crippen molar-refractivity contribution in [2.24, 2.45) is 10.7 Å². The number of nitrogens with one attached hydrogen (secondary N) is 1. The molecule has 1 aliphatic heterocycles. The van der Waals surface area contributed by atoms with Crippen molar-refractivity contribution < 1.29 is 13.6 Å². The highest BCUT2D eigenvalue weighted by atomic mass is 35.5. The van der Waals surface area contributed by atoms with Crippen LogP contribution in [-0.2, 0) is 5.54 Å². The Balaban J connectivity index is 0.00000243. The molecule has 0 saturated carbocycles. The summed E-state index contributed by atoms with van der Waals surface area (Å²) in [4.78, 5) is 16.8. The molecule has 0 aliphatic carbocycles. The molecule has 140 valence electrons. The summed E-state index contributed by atoms with van der Waals surface area (Å²) in [6, 6.07) is 6.15. The Morgan fingerprint density at radius 3 is 2.73 bits per heavy atom. The fourth-order valence-electron chi connectivity index (χ4n) is 2.77. The zero-order valence-electron chi connectivity index (χ0n) is 14.8. The van der Waals surface area contributed by atoms with E-state index in [4.69, 9.17) is 10.2 Å². The minimum absolute atomic E-state index is 0.